The number of rotatable bonds is 3. The van der Waals surface area contributed by atoms with Crippen LogP contribution in [-0.4, -0.2) is 6.72 Å². The second-order valence-electron chi connectivity index (χ2n) is 2.99. The minimum Gasteiger partial charge on any atom is -0.236 e. The van der Waals surface area contributed by atoms with Crippen molar-refractivity contribution in [3.8, 4) is 0 Å². The van der Waals surface area contributed by atoms with Gasteiger partial charge in [-0.25, -0.2) is 4.99 Å². The third-order valence-electron chi connectivity index (χ3n) is 1.80. The normalized spacial score (nSPS) is 13.0. The molecule has 0 radical (unpaired) electrons. The van der Waals surface area contributed by atoms with Crippen LogP contribution in [0.25, 0.3) is 0 Å². The molecule has 0 atom stereocenters. The standard InChI is InChI=1S/C10H16FN.C2H6/c1-6-8(4)9(7(2)3)10(11)12-5;1-2/h6-7H,5H2,1-4H3;1-2H3/b8-6-,10-9-;. The van der Waals surface area contributed by atoms with E-state index in [9.17, 15) is 4.39 Å². The fraction of sp³-hybridized carbons (Fsp3) is 0.583. The Labute approximate surface area is 87.4 Å². The summed E-state index contributed by atoms with van der Waals surface area (Å²) in [5, 5.41) is 0. The van der Waals surface area contributed by atoms with E-state index >= 15 is 0 Å². The van der Waals surface area contributed by atoms with Crippen LogP contribution >= 0.6 is 0 Å². The highest BCUT2D eigenvalue weighted by Gasteiger charge is 2.10. The maximum atomic E-state index is 13.1. The predicted octanol–water partition coefficient (Wildman–Crippen LogP) is 4.52. The third-order valence-corrected chi connectivity index (χ3v) is 1.80. The monoisotopic (exact) mass is 199 g/mol. The molecule has 0 aliphatic heterocycles. The fourth-order valence-electron chi connectivity index (χ4n) is 1.10. The summed E-state index contributed by atoms with van der Waals surface area (Å²) in [5.41, 5.74) is 1.57. The van der Waals surface area contributed by atoms with E-state index in [1.165, 1.54) is 0 Å². The molecule has 0 spiro atoms. The first-order valence-electron chi connectivity index (χ1n) is 5.04. The van der Waals surface area contributed by atoms with Crippen LogP contribution in [0.15, 0.2) is 28.2 Å². The molecular formula is C12H22FN. The van der Waals surface area contributed by atoms with Crippen molar-refractivity contribution in [1.29, 1.82) is 0 Å². The minimum atomic E-state index is -0.458. The fourth-order valence-corrected chi connectivity index (χ4v) is 1.10. The van der Waals surface area contributed by atoms with Gasteiger partial charge >= 0.3 is 0 Å². The molecule has 2 heteroatoms. The van der Waals surface area contributed by atoms with E-state index in [2.05, 4.69) is 11.7 Å². The molecule has 0 saturated carbocycles. The van der Waals surface area contributed by atoms with Gasteiger partial charge in [0.25, 0.3) is 0 Å². The Morgan fingerprint density at radius 1 is 1.36 bits per heavy atom. The molecular weight excluding hydrogens is 177 g/mol. The maximum Gasteiger partial charge on any atom is 0.215 e. The highest BCUT2D eigenvalue weighted by atomic mass is 19.1. The first-order chi connectivity index (χ1) is 6.54. The smallest absolute Gasteiger partial charge is 0.215 e. The Kier molecular flexibility index (Phi) is 9.63. The SMILES string of the molecule is C=N/C(F)=C(\C(C)=C/C)C(C)C.CC. The van der Waals surface area contributed by atoms with Crippen LogP contribution in [0.4, 0.5) is 4.39 Å². The van der Waals surface area contributed by atoms with E-state index in [1.54, 1.807) is 0 Å². The molecule has 0 N–H and O–H groups in total. The molecule has 0 aromatic rings. The molecule has 82 valence electrons. The lowest BCUT2D eigenvalue weighted by atomic mass is 9.97. The van der Waals surface area contributed by atoms with Crippen molar-refractivity contribution in [2.24, 2.45) is 10.9 Å². The van der Waals surface area contributed by atoms with Crippen molar-refractivity contribution in [3.63, 3.8) is 0 Å². The lowest BCUT2D eigenvalue weighted by Gasteiger charge is -2.11. The summed E-state index contributed by atoms with van der Waals surface area (Å²) in [6.07, 6.45) is 1.88. The Morgan fingerprint density at radius 2 is 1.79 bits per heavy atom. The van der Waals surface area contributed by atoms with E-state index in [1.807, 2.05) is 47.6 Å². The molecule has 0 heterocycles. The summed E-state index contributed by atoms with van der Waals surface area (Å²) < 4.78 is 13.1. The van der Waals surface area contributed by atoms with Gasteiger partial charge < -0.3 is 0 Å². The van der Waals surface area contributed by atoms with Crippen LogP contribution in [0.5, 0.6) is 0 Å². The van der Waals surface area contributed by atoms with E-state index in [-0.39, 0.29) is 5.92 Å². The van der Waals surface area contributed by atoms with Crippen LogP contribution in [0.3, 0.4) is 0 Å². The number of nitrogens with zero attached hydrogens (tertiary/aromatic N) is 1. The van der Waals surface area contributed by atoms with Crippen LogP contribution in [-0.2, 0) is 0 Å². The highest BCUT2D eigenvalue weighted by Crippen LogP contribution is 2.24. The van der Waals surface area contributed by atoms with Gasteiger partial charge in [-0.05, 0) is 32.1 Å². The number of allylic oxidation sites excluding steroid dienone is 3. The van der Waals surface area contributed by atoms with Crippen LogP contribution in [0, 0.1) is 5.92 Å². The molecule has 0 rings (SSSR count). The van der Waals surface area contributed by atoms with Gasteiger partial charge in [0, 0.05) is 5.57 Å². The van der Waals surface area contributed by atoms with Crippen molar-refractivity contribution in [2.75, 3.05) is 0 Å². The maximum absolute atomic E-state index is 13.1. The lowest BCUT2D eigenvalue weighted by molar-refractivity contribution is 0.591. The summed E-state index contributed by atoms with van der Waals surface area (Å²) in [6.45, 7) is 14.8. The van der Waals surface area contributed by atoms with E-state index < -0.39 is 5.95 Å². The summed E-state index contributed by atoms with van der Waals surface area (Å²) in [7, 11) is 0. The summed E-state index contributed by atoms with van der Waals surface area (Å²) in [4.78, 5) is 3.30. The Bertz CT molecular complexity index is 224. The van der Waals surface area contributed by atoms with E-state index in [0.717, 1.165) is 5.57 Å². The summed E-state index contributed by atoms with van der Waals surface area (Å²) in [5.74, 6) is -0.313. The number of hydrogen-bond acceptors (Lipinski definition) is 1. The van der Waals surface area contributed by atoms with Crippen molar-refractivity contribution >= 4 is 6.72 Å². The quantitative estimate of drug-likeness (QED) is 0.360. The van der Waals surface area contributed by atoms with Crippen molar-refractivity contribution in [1.82, 2.24) is 0 Å². The van der Waals surface area contributed by atoms with Gasteiger partial charge in [-0.1, -0.05) is 33.8 Å². The molecule has 14 heavy (non-hydrogen) atoms. The average Bonchev–Trinajstić information content (AvgIpc) is 2.20. The summed E-state index contributed by atoms with van der Waals surface area (Å²) in [6, 6.07) is 0. The first kappa shape index (κ1) is 15.5. The van der Waals surface area contributed by atoms with Crippen molar-refractivity contribution < 1.29 is 4.39 Å². The Morgan fingerprint density at radius 3 is 2.00 bits per heavy atom. The lowest BCUT2D eigenvalue weighted by Crippen LogP contribution is -1.97. The number of hydrogen-bond donors (Lipinski definition) is 0. The molecule has 0 bridgehead atoms. The average molecular weight is 199 g/mol. The number of aliphatic imine (C=N–C) groups is 1. The molecule has 0 aromatic heterocycles. The minimum absolute atomic E-state index is 0.145. The molecule has 0 aromatic carbocycles. The molecule has 1 nitrogen and oxygen atoms in total. The van der Waals surface area contributed by atoms with Gasteiger partial charge in [-0.3, -0.25) is 0 Å². The van der Waals surface area contributed by atoms with Gasteiger partial charge in [-0.15, -0.1) is 0 Å². The molecule has 0 aliphatic carbocycles. The second kappa shape index (κ2) is 8.67. The van der Waals surface area contributed by atoms with Gasteiger partial charge in [0.15, 0.2) is 0 Å². The third kappa shape index (κ3) is 4.95. The molecule has 0 unspecified atom stereocenters. The molecule has 0 amide bonds. The Hall–Kier alpha value is -0.920. The predicted molar refractivity (Wildman–Crippen MR) is 63.3 cm³/mol. The Balaban J connectivity index is 0. The van der Waals surface area contributed by atoms with E-state index in [4.69, 9.17) is 0 Å². The number of halogens is 1. The first-order valence-corrected chi connectivity index (χ1v) is 5.04. The van der Waals surface area contributed by atoms with Gasteiger partial charge in [-0.2, -0.15) is 4.39 Å². The summed E-state index contributed by atoms with van der Waals surface area (Å²) >= 11 is 0. The van der Waals surface area contributed by atoms with Gasteiger partial charge in [0.2, 0.25) is 5.95 Å². The molecule has 0 aliphatic rings. The second-order valence-corrected chi connectivity index (χ2v) is 2.99. The topological polar surface area (TPSA) is 12.4 Å². The van der Waals surface area contributed by atoms with Crippen LogP contribution in [0.2, 0.25) is 0 Å². The van der Waals surface area contributed by atoms with Crippen molar-refractivity contribution in [3.05, 3.63) is 23.2 Å². The van der Waals surface area contributed by atoms with Crippen LogP contribution < -0.4 is 0 Å². The van der Waals surface area contributed by atoms with Crippen LogP contribution in [0.1, 0.15) is 41.5 Å². The largest absolute Gasteiger partial charge is 0.236 e. The van der Waals surface area contributed by atoms with Crippen molar-refractivity contribution in [2.45, 2.75) is 41.5 Å². The molecule has 0 fully saturated rings. The molecule has 0 saturated heterocycles. The zero-order valence-electron chi connectivity index (χ0n) is 10.2. The van der Waals surface area contributed by atoms with Gasteiger partial charge in [0.1, 0.15) is 0 Å². The van der Waals surface area contributed by atoms with E-state index in [0.29, 0.717) is 5.57 Å². The van der Waals surface area contributed by atoms with Gasteiger partial charge in [0.05, 0.1) is 0 Å². The zero-order valence-corrected chi connectivity index (χ0v) is 10.2. The zero-order chi connectivity index (χ0) is 11.7. The highest BCUT2D eigenvalue weighted by molar-refractivity contribution is 5.36.